The normalized spacial score (nSPS) is 28.8. The standard InChI is InChI=1S/2C19H34.C18H34.C15H30.2C14H26.C14H28.C14H26/c1-13-8-11-19(16(2,3)4)17(5,6)14-9-10-18(19,7)15(13)12-14;1-9-19(8,18(5,6)7)15-11-14-17(4)13-10-12-16(2)3;1-13(15(3)17(4,5)6)9-11-16-12-10-14(2)18(16,7)8;1-11(2)13-7-9-14(10-8-13)12(3)15(4,5)6;1-11-7-9-12(10-8-11)14(5,6)13(2,3)4;1-11(2)14(13(4,5)6)9-7-12(3)8-10-14;1-10(2)12-8-7-11(3)9-13(12)14(4,5)6;1-12(2)8-7-9-13(3)10-11-14(4,5)6/h13-15H,8-12H2,1-7H3;9,12,14H,1,10-11,13,15H2,2-8H3;10,13,15-16H,9,11-12H2,1-8H3;11-14H,7-10H2,1-6H3;7,12H,8-10H2,1-6H3;7,11H,8-10H2,1-6H3;10-13H,7-9H2,1-6H3;8,10H,7,9,11H2,1-6H3/b;17-14-;;;;;;13-10-/t13-,14?,15?,18-,19?;;;;;;11-,12+,13-;/m0.....1./s1. The predicted molar refractivity (Wildman–Crippen MR) is 583 cm³/mol. The fourth-order valence-electron chi connectivity index (χ4n) is 25.9. The first-order valence-electron chi connectivity index (χ1n) is 54.5. The number of fused-ring (bicyclic) bond motifs is 1. The molecule has 0 radical (unpaired) electrons. The highest BCUT2D eigenvalue weighted by atomic mass is 14.8. The van der Waals surface area contributed by atoms with Crippen molar-refractivity contribution in [2.24, 2.45) is 176 Å². The summed E-state index contributed by atoms with van der Waals surface area (Å²) in [5.74, 6) is 14.6. The molecule has 0 aliphatic heterocycles. The summed E-state index contributed by atoms with van der Waals surface area (Å²) >= 11 is 0. The van der Waals surface area contributed by atoms with Gasteiger partial charge in [0.15, 0.2) is 0 Å². The second-order valence-electron chi connectivity index (χ2n) is 57.7. The van der Waals surface area contributed by atoms with Crippen LogP contribution in [0.1, 0.15) is 540 Å². The molecule has 0 nitrogen and oxygen atoms in total. The number of allylic oxidation sites excluding steroid dienone is 15. The summed E-state index contributed by atoms with van der Waals surface area (Å²) in [5.41, 5.74) is 17.3. The fraction of sp³-hybridized carbons (Fsp3) is 0.874. The molecule has 0 aromatic heterocycles. The van der Waals surface area contributed by atoms with Crippen LogP contribution in [0.25, 0.3) is 0 Å². The van der Waals surface area contributed by atoms with Crippen molar-refractivity contribution in [3.05, 3.63) is 94.2 Å². The minimum atomic E-state index is 0.212. The molecule has 0 aromatic rings. The van der Waals surface area contributed by atoms with E-state index in [1.165, 1.54) is 196 Å². The SMILES string of the molecule is C=CC(C)(CC/C=C(/C)CCC=C(C)C)C(C)(C)C.CC(C)=CCC/C(C)=C\CC(C)(C)C.CC(C)C1CCC(C(C)C(C)(C)C)CC1.CC(C)[C@@H]1CC[C@@H](C)C[C@H]1C(C)(C)C.CC1=CCC(C(C)(C)C(C)(C)C)CC1.CC1=CCC(C(C)C)(C(C)(C)C)CC1.CC1=CCC(CCC(C)C(C)C(C)(C)C)C1(C)C.C[C@H]1CCC2(C(C)(C)C)C(C)(C)C3CC[C@@]2(C)C1C3. The summed E-state index contributed by atoms with van der Waals surface area (Å²) in [4.78, 5) is 0. The Morgan fingerprint density at radius 3 is 1.40 bits per heavy atom. The van der Waals surface area contributed by atoms with Gasteiger partial charge in [-0.3, -0.25) is 0 Å². The summed E-state index contributed by atoms with van der Waals surface area (Å²) in [7, 11) is 0. The van der Waals surface area contributed by atoms with Gasteiger partial charge in [0.25, 0.3) is 0 Å². The monoisotopic (exact) mass is 1760 g/mol. The Hall–Kier alpha value is -2.08. The number of rotatable bonds is 20. The number of hydrogen-bond acceptors (Lipinski definition) is 0. The van der Waals surface area contributed by atoms with Crippen molar-refractivity contribution < 1.29 is 0 Å². The third-order valence-electron chi connectivity index (χ3n) is 38.8. The Morgan fingerprint density at radius 2 is 1.02 bits per heavy atom. The van der Waals surface area contributed by atoms with E-state index in [4.69, 9.17) is 0 Å². The molecule has 0 heterocycles. The predicted octanol–water partition coefficient (Wildman–Crippen LogP) is 43.3. The topological polar surface area (TPSA) is 0 Å². The molecule has 6 fully saturated rings. The van der Waals surface area contributed by atoms with Gasteiger partial charge in [-0.25, -0.2) is 0 Å². The molecule has 9 aliphatic rings. The lowest BCUT2D eigenvalue weighted by Gasteiger charge is -2.77. The molecular weight excluding hydrogens is 1530 g/mol. The Labute approximate surface area is 804 Å². The molecule has 0 saturated heterocycles. The van der Waals surface area contributed by atoms with Gasteiger partial charge in [0.2, 0.25) is 0 Å². The molecule has 9 rings (SSSR count). The minimum absolute atomic E-state index is 0.212. The zero-order valence-corrected chi connectivity index (χ0v) is 97.4. The van der Waals surface area contributed by atoms with Gasteiger partial charge in [-0.15, -0.1) is 6.58 Å². The molecule has 746 valence electrons. The van der Waals surface area contributed by atoms with Crippen LogP contribution < -0.4 is 0 Å². The summed E-state index contributed by atoms with van der Waals surface area (Å²) < 4.78 is 0. The summed E-state index contributed by atoms with van der Waals surface area (Å²) in [6, 6.07) is 0. The van der Waals surface area contributed by atoms with Crippen molar-refractivity contribution in [1.82, 2.24) is 0 Å². The average molecular weight is 1770 g/mol. The zero-order valence-electron chi connectivity index (χ0n) is 97.4. The molecule has 0 aromatic carbocycles. The van der Waals surface area contributed by atoms with E-state index in [1.54, 1.807) is 16.7 Å². The van der Waals surface area contributed by atoms with Crippen molar-refractivity contribution in [2.75, 3.05) is 0 Å². The van der Waals surface area contributed by atoms with E-state index in [0.29, 0.717) is 70.4 Å². The maximum Gasteiger partial charge on any atom is -0.00977 e. The van der Waals surface area contributed by atoms with Crippen LogP contribution >= 0.6 is 0 Å². The van der Waals surface area contributed by atoms with Gasteiger partial charge in [0.1, 0.15) is 0 Å². The van der Waals surface area contributed by atoms with Crippen LogP contribution in [-0.4, -0.2) is 0 Å². The fourth-order valence-corrected chi connectivity index (χ4v) is 25.9. The molecule has 0 amide bonds. The van der Waals surface area contributed by atoms with Gasteiger partial charge in [0, 0.05) is 0 Å². The Morgan fingerprint density at radius 1 is 0.504 bits per heavy atom. The van der Waals surface area contributed by atoms with Crippen LogP contribution in [-0.2, 0) is 0 Å². The van der Waals surface area contributed by atoms with Gasteiger partial charge in [-0.2, -0.15) is 0 Å². The molecular formula is C127H238. The summed E-state index contributed by atoms with van der Waals surface area (Å²) in [6.45, 7) is 128. The summed E-state index contributed by atoms with van der Waals surface area (Å²) in [6.07, 6.45) is 56.9. The lowest BCUT2D eigenvalue weighted by molar-refractivity contribution is -0.292. The highest BCUT2D eigenvalue weighted by molar-refractivity contribution is 5.22. The molecule has 6 saturated carbocycles. The molecule has 10 unspecified atom stereocenters. The highest BCUT2D eigenvalue weighted by Crippen LogP contribution is 2.80. The third kappa shape index (κ3) is 36.4. The zero-order chi connectivity index (χ0) is 99.2. The van der Waals surface area contributed by atoms with Gasteiger partial charge in [-0.1, -0.05) is 398 Å². The molecule has 4 bridgehead atoms. The van der Waals surface area contributed by atoms with E-state index in [-0.39, 0.29) is 10.8 Å². The third-order valence-corrected chi connectivity index (χ3v) is 38.8. The van der Waals surface area contributed by atoms with E-state index in [0.717, 1.165) is 101 Å². The molecule has 15 atom stereocenters. The van der Waals surface area contributed by atoms with Crippen LogP contribution in [0.15, 0.2) is 94.2 Å². The van der Waals surface area contributed by atoms with Crippen molar-refractivity contribution in [2.45, 2.75) is 540 Å². The first-order valence-corrected chi connectivity index (χ1v) is 54.5. The lowest BCUT2D eigenvalue weighted by Crippen LogP contribution is -2.71. The maximum atomic E-state index is 4.04. The summed E-state index contributed by atoms with van der Waals surface area (Å²) in [5, 5.41) is 0. The van der Waals surface area contributed by atoms with Gasteiger partial charge >= 0.3 is 0 Å². The smallest absolute Gasteiger partial charge is 0.00977 e. The largest absolute Gasteiger partial charge is 0.103 e. The van der Waals surface area contributed by atoms with E-state index < -0.39 is 0 Å². The molecule has 0 N–H and O–H groups in total. The van der Waals surface area contributed by atoms with Crippen LogP contribution in [0.2, 0.25) is 0 Å². The Balaban J connectivity index is 0.000000728. The number of hydrogen-bond donors (Lipinski definition) is 0. The van der Waals surface area contributed by atoms with Crippen molar-refractivity contribution >= 4 is 0 Å². The van der Waals surface area contributed by atoms with Gasteiger partial charge in [-0.05, 0) is 405 Å². The van der Waals surface area contributed by atoms with E-state index in [1.807, 2.05) is 0 Å². The van der Waals surface area contributed by atoms with Crippen LogP contribution in [0, 0.1) is 176 Å². The van der Waals surface area contributed by atoms with Crippen LogP contribution in [0.5, 0.6) is 0 Å². The lowest BCUT2D eigenvalue weighted by atomic mass is 9.27. The highest BCUT2D eigenvalue weighted by Gasteiger charge is 2.73. The van der Waals surface area contributed by atoms with E-state index in [2.05, 4.69) is 415 Å². The second kappa shape index (κ2) is 50.3. The first-order chi connectivity index (χ1) is 57.3. The molecule has 9 aliphatic carbocycles. The van der Waals surface area contributed by atoms with Crippen molar-refractivity contribution in [3.8, 4) is 0 Å². The maximum absolute atomic E-state index is 4.04. The van der Waals surface area contributed by atoms with Gasteiger partial charge in [0.05, 0.1) is 0 Å². The quantitative estimate of drug-likeness (QED) is 0.107. The molecule has 127 heavy (non-hydrogen) atoms. The van der Waals surface area contributed by atoms with E-state index in [9.17, 15) is 0 Å². The Kier molecular flexibility index (Phi) is 48.7. The van der Waals surface area contributed by atoms with Crippen LogP contribution in [0.4, 0.5) is 0 Å². The van der Waals surface area contributed by atoms with Crippen LogP contribution in [0.3, 0.4) is 0 Å². The molecule has 0 spiro atoms. The van der Waals surface area contributed by atoms with Crippen molar-refractivity contribution in [1.29, 1.82) is 0 Å². The second-order valence-corrected chi connectivity index (χ2v) is 57.7. The average Bonchev–Trinajstić information content (AvgIpc) is 1.13. The van der Waals surface area contributed by atoms with Gasteiger partial charge < -0.3 is 0 Å². The van der Waals surface area contributed by atoms with E-state index >= 15 is 0 Å². The first kappa shape index (κ1) is 123. The molecule has 0 heteroatoms. The van der Waals surface area contributed by atoms with Crippen molar-refractivity contribution in [3.63, 3.8) is 0 Å². The minimum Gasteiger partial charge on any atom is -0.103 e. The Bertz CT molecular complexity index is 3360.